The van der Waals surface area contributed by atoms with E-state index in [9.17, 15) is 0 Å². The zero-order valence-corrected chi connectivity index (χ0v) is 6.28. The molecule has 0 bridgehead atoms. The molecule has 1 heteroatoms. The maximum atomic E-state index is 4.04. The van der Waals surface area contributed by atoms with Gasteiger partial charge in [-0.1, -0.05) is 26.0 Å². The Morgan fingerprint density at radius 2 is 2.11 bits per heavy atom. The third-order valence-corrected chi connectivity index (χ3v) is 2.05. The van der Waals surface area contributed by atoms with Gasteiger partial charge in [-0.25, -0.2) is 0 Å². The fourth-order valence-electron chi connectivity index (χ4n) is 1.02. The van der Waals surface area contributed by atoms with Gasteiger partial charge in [-0.3, -0.25) is 0 Å². The van der Waals surface area contributed by atoms with Crippen LogP contribution in [0, 0.1) is 11.8 Å². The fourth-order valence-corrected chi connectivity index (χ4v) is 1.02. The Hall–Kier alpha value is -0.300. The molecule has 0 unspecified atom stereocenters. The van der Waals surface area contributed by atoms with Gasteiger partial charge in [-0.15, -0.1) is 0 Å². The number of nitrogens with one attached hydrogen (secondary N) is 1. The van der Waals surface area contributed by atoms with Gasteiger partial charge in [0.15, 0.2) is 0 Å². The van der Waals surface area contributed by atoms with Gasteiger partial charge >= 0.3 is 0 Å². The van der Waals surface area contributed by atoms with Gasteiger partial charge in [0.05, 0.1) is 0 Å². The largest absolute Gasteiger partial charge is 0.315 e. The molecule has 1 N–H and O–H groups in total. The van der Waals surface area contributed by atoms with Crippen LogP contribution in [0.1, 0.15) is 13.8 Å². The lowest BCUT2D eigenvalue weighted by Crippen LogP contribution is -2.43. The van der Waals surface area contributed by atoms with Gasteiger partial charge < -0.3 is 5.32 Å². The summed E-state index contributed by atoms with van der Waals surface area (Å²) < 4.78 is 0. The molecule has 1 rings (SSSR count). The van der Waals surface area contributed by atoms with Crippen LogP contribution >= 0.6 is 0 Å². The molecule has 1 aliphatic heterocycles. The monoisotopic (exact) mass is 125 g/mol. The van der Waals surface area contributed by atoms with Crippen molar-refractivity contribution < 1.29 is 0 Å². The number of rotatable bonds is 2. The standard InChI is InChI=1S/C8H15N/c1-6(2)7(3)8-4-9-5-8/h6,8-9H,3-5H2,1-2H3. The highest BCUT2D eigenvalue weighted by Gasteiger charge is 2.20. The first-order chi connectivity index (χ1) is 4.22. The smallest absolute Gasteiger partial charge is 0.00472 e. The number of hydrogen-bond acceptors (Lipinski definition) is 1. The predicted molar refractivity (Wildman–Crippen MR) is 40.3 cm³/mol. The average Bonchev–Trinajstić information content (AvgIpc) is 1.60. The zero-order chi connectivity index (χ0) is 6.85. The van der Waals surface area contributed by atoms with Gasteiger partial charge in [0.1, 0.15) is 0 Å². The quantitative estimate of drug-likeness (QED) is 0.550. The maximum absolute atomic E-state index is 4.04. The minimum Gasteiger partial charge on any atom is -0.315 e. The van der Waals surface area contributed by atoms with Crippen molar-refractivity contribution >= 4 is 0 Å². The third kappa shape index (κ3) is 1.33. The molecule has 1 nitrogen and oxygen atoms in total. The van der Waals surface area contributed by atoms with Crippen molar-refractivity contribution in [1.82, 2.24) is 5.32 Å². The molecule has 1 heterocycles. The molecule has 0 amide bonds. The molecular formula is C8H15N. The molecule has 0 spiro atoms. The van der Waals surface area contributed by atoms with E-state index in [1.54, 1.807) is 0 Å². The second-order valence-corrected chi connectivity index (χ2v) is 3.08. The first-order valence-corrected chi connectivity index (χ1v) is 3.61. The topological polar surface area (TPSA) is 12.0 Å². The lowest BCUT2D eigenvalue weighted by Gasteiger charge is -2.30. The Kier molecular flexibility index (Phi) is 1.91. The summed E-state index contributed by atoms with van der Waals surface area (Å²) in [6.07, 6.45) is 0. The summed E-state index contributed by atoms with van der Waals surface area (Å²) in [5.41, 5.74) is 1.41. The summed E-state index contributed by atoms with van der Waals surface area (Å²) >= 11 is 0. The second-order valence-electron chi connectivity index (χ2n) is 3.08. The molecule has 0 aromatic carbocycles. The second kappa shape index (κ2) is 2.53. The van der Waals surface area contributed by atoms with Crippen LogP contribution in [0.25, 0.3) is 0 Å². The summed E-state index contributed by atoms with van der Waals surface area (Å²) in [6, 6.07) is 0. The molecule has 9 heavy (non-hydrogen) atoms. The molecule has 1 fully saturated rings. The first kappa shape index (κ1) is 6.81. The van der Waals surface area contributed by atoms with Crippen LogP contribution in [0.2, 0.25) is 0 Å². The summed E-state index contributed by atoms with van der Waals surface area (Å²) in [5.74, 6) is 1.43. The van der Waals surface area contributed by atoms with Crippen molar-refractivity contribution in [2.45, 2.75) is 13.8 Å². The summed E-state index contributed by atoms with van der Waals surface area (Å²) in [7, 11) is 0. The minimum absolute atomic E-state index is 0.664. The van der Waals surface area contributed by atoms with Gasteiger partial charge in [0, 0.05) is 19.0 Å². The first-order valence-electron chi connectivity index (χ1n) is 3.61. The molecule has 0 radical (unpaired) electrons. The Labute approximate surface area is 57.1 Å². The third-order valence-electron chi connectivity index (χ3n) is 2.05. The lowest BCUT2D eigenvalue weighted by atomic mass is 9.87. The van der Waals surface area contributed by atoms with Crippen molar-refractivity contribution in [2.75, 3.05) is 13.1 Å². The highest BCUT2D eigenvalue weighted by atomic mass is 14.9. The molecule has 0 aromatic heterocycles. The van der Waals surface area contributed by atoms with E-state index in [1.807, 2.05) is 0 Å². The number of hydrogen-bond donors (Lipinski definition) is 1. The van der Waals surface area contributed by atoms with Gasteiger partial charge in [0.2, 0.25) is 0 Å². The molecule has 0 aromatic rings. The summed E-state index contributed by atoms with van der Waals surface area (Å²) in [6.45, 7) is 10.8. The van der Waals surface area contributed by atoms with Crippen LogP contribution < -0.4 is 5.32 Å². The van der Waals surface area contributed by atoms with Crippen LogP contribution in [-0.2, 0) is 0 Å². The Morgan fingerprint density at radius 3 is 2.22 bits per heavy atom. The Morgan fingerprint density at radius 1 is 1.56 bits per heavy atom. The van der Waals surface area contributed by atoms with Crippen molar-refractivity contribution in [3.05, 3.63) is 12.2 Å². The SMILES string of the molecule is C=C(C(C)C)C1CNC1. The van der Waals surface area contributed by atoms with Crippen molar-refractivity contribution in [3.63, 3.8) is 0 Å². The molecular weight excluding hydrogens is 110 g/mol. The molecule has 52 valence electrons. The molecule has 1 aliphatic rings. The van der Waals surface area contributed by atoms with E-state index in [1.165, 1.54) is 5.57 Å². The predicted octanol–water partition coefficient (Wildman–Crippen LogP) is 1.42. The fraction of sp³-hybridized carbons (Fsp3) is 0.750. The van der Waals surface area contributed by atoms with Crippen molar-refractivity contribution in [2.24, 2.45) is 11.8 Å². The van der Waals surface area contributed by atoms with Crippen LogP contribution in [0.15, 0.2) is 12.2 Å². The van der Waals surface area contributed by atoms with E-state index in [2.05, 4.69) is 25.7 Å². The van der Waals surface area contributed by atoms with E-state index >= 15 is 0 Å². The molecule has 1 saturated heterocycles. The zero-order valence-electron chi connectivity index (χ0n) is 6.28. The summed E-state index contributed by atoms with van der Waals surface area (Å²) in [5, 5.41) is 3.24. The van der Waals surface area contributed by atoms with E-state index in [0.29, 0.717) is 5.92 Å². The van der Waals surface area contributed by atoms with Gasteiger partial charge in [0.25, 0.3) is 0 Å². The maximum Gasteiger partial charge on any atom is 0.00472 e. The normalized spacial score (nSPS) is 19.9. The Bertz CT molecular complexity index is 112. The molecule has 0 aliphatic carbocycles. The molecule has 0 saturated carbocycles. The van der Waals surface area contributed by atoms with Crippen molar-refractivity contribution in [3.8, 4) is 0 Å². The van der Waals surface area contributed by atoms with Crippen LogP contribution in [0.3, 0.4) is 0 Å². The van der Waals surface area contributed by atoms with E-state index < -0.39 is 0 Å². The highest BCUT2D eigenvalue weighted by Crippen LogP contribution is 2.20. The minimum atomic E-state index is 0.664. The molecule has 0 atom stereocenters. The lowest BCUT2D eigenvalue weighted by molar-refractivity contribution is 0.376. The van der Waals surface area contributed by atoms with Crippen LogP contribution in [-0.4, -0.2) is 13.1 Å². The van der Waals surface area contributed by atoms with Crippen LogP contribution in [0.5, 0.6) is 0 Å². The summed E-state index contributed by atoms with van der Waals surface area (Å²) in [4.78, 5) is 0. The van der Waals surface area contributed by atoms with E-state index in [-0.39, 0.29) is 0 Å². The highest BCUT2D eigenvalue weighted by molar-refractivity contribution is 5.08. The van der Waals surface area contributed by atoms with E-state index in [4.69, 9.17) is 0 Å². The Balaban J connectivity index is 2.32. The van der Waals surface area contributed by atoms with Gasteiger partial charge in [-0.2, -0.15) is 0 Å². The van der Waals surface area contributed by atoms with E-state index in [0.717, 1.165) is 19.0 Å². The van der Waals surface area contributed by atoms with Crippen molar-refractivity contribution in [1.29, 1.82) is 0 Å². The van der Waals surface area contributed by atoms with Gasteiger partial charge in [-0.05, 0) is 5.92 Å². The average molecular weight is 125 g/mol. The van der Waals surface area contributed by atoms with Crippen LogP contribution in [0.4, 0.5) is 0 Å².